The molecule has 0 spiro atoms. The average molecular weight is 559 g/mol. The van der Waals surface area contributed by atoms with E-state index in [1.54, 1.807) is 33.9 Å². The number of aromatic amines is 1. The van der Waals surface area contributed by atoms with Crippen molar-refractivity contribution in [1.82, 2.24) is 20.9 Å². The van der Waals surface area contributed by atoms with Crippen molar-refractivity contribution in [2.45, 2.75) is 71.1 Å². The molecule has 0 aliphatic carbocycles. The Hall–Kier alpha value is -4.13. The molecule has 0 fully saturated rings. The number of guanidine groups is 1. The van der Waals surface area contributed by atoms with Crippen molar-refractivity contribution in [3.63, 3.8) is 0 Å². The van der Waals surface area contributed by atoms with Crippen LogP contribution >= 0.6 is 0 Å². The second-order valence-corrected chi connectivity index (χ2v) is 10.5. The molecular weight excluding hydrogens is 516 g/mol. The van der Waals surface area contributed by atoms with E-state index in [4.69, 9.17) is 17.2 Å². The third-order valence-corrected chi connectivity index (χ3v) is 6.51. The fraction of sp³-hybridized carbons (Fsp3) is 0.519. The molecule has 0 radical (unpaired) electrons. The van der Waals surface area contributed by atoms with Gasteiger partial charge in [0.2, 0.25) is 17.7 Å². The molecule has 0 bridgehead atoms. The standard InChI is InChI=1S/C27H42N8O5/c1-14(2)21(24(37)33-20(26(39)40)12-16-13-32-19-10-6-5-8-17(16)19)35-25(38)22(15(3)4)34-23(36)18(28)9-7-11-31-27(29)30/h5-6,8,10,13-15,18,20-22,32H,7,9,11-12,28H2,1-4H3,(H,33,37)(H,34,36)(H,35,38)(H,39,40)(H4,29,30,31). The molecule has 4 unspecified atom stereocenters. The lowest BCUT2D eigenvalue weighted by Crippen LogP contribution is -2.59. The van der Waals surface area contributed by atoms with E-state index in [1.165, 1.54) is 0 Å². The third-order valence-electron chi connectivity index (χ3n) is 6.51. The number of rotatable bonds is 15. The second-order valence-electron chi connectivity index (χ2n) is 10.5. The Morgan fingerprint density at radius 3 is 2.08 bits per heavy atom. The highest BCUT2D eigenvalue weighted by atomic mass is 16.4. The SMILES string of the molecule is CC(C)C(NC(=O)C(N)CCCN=C(N)N)C(=O)NC(C(=O)NC(Cc1c[nH]c2ccccc12)C(=O)O)C(C)C. The van der Waals surface area contributed by atoms with E-state index in [9.17, 15) is 24.3 Å². The van der Waals surface area contributed by atoms with Crippen LogP contribution in [0.3, 0.4) is 0 Å². The van der Waals surface area contributed by atoms with E-state index in [1.807, 2.05) is 24.3 Å². The maximum atomic E-state index is 13.2. The van der Waals surface area contributed by atoms with Gasteiger partial charge in [-0.3, -0.25) is 19.4 Å². The number of carboxylic acids is 1. The number of aromatic nitrogens is 1. The number of aliphatic carboxylic acids is 1. The summed E-state index contributed by atoms with van der Waals surface area (Å²) in [4.78, 5) is 58.1. The summed E-state index contributed by atoms with van der Waals surface area (Å²) >= 11 is 0. The number of H-pyrrole nitrogens is 1. The number of hydrogen-bond donors (Lipinski definition) is 8. The Morgan fingerprint density at radius 2 is 1.50 bits per heavy atom. The maximum Gasteiger partial charge on any atom is 0.326 e. The van der Waals surface area contributed by atoms with Gasteiger partial charge in [-0.2, -0.15) is 0 Å². The molecule has 0 saturated carbocycles. The molecule has 2 rings (SSSR count). The number of nitrogens with two attached hydrogens (primary N) is 3. The lowest BCUT2D eigenvalue weighted by Gasteiger charge is -2.28. The number of nitrogens with one attached hydrogen (secondary N) is 4. The Kier molecular flexibility index (Phi) is 11.9. The molecule has 40 heavy (non-hydrogen) atoms. The van der Waals surface area contributed by atoms with Gasteiger partial charge in [0.1, 0.15) is 18.1 Å². The van der Waals surface area contributed by atoms with Crippen molar-refractivity contribution in [1.29, 1.82) is 0 Å². The molecule has 4 atom stereocenters. The van der Waals surface area contributed by atoms with Gasteiger partial charge in [-0.1, -0.05) is 45.9 Å². The monoisotopic (exact) mass is 558 g/mol. The number of amides is 3. The van der Waals surface area contributed by atoms with Crippen LogP contribution < -0.4 is 33.2 Å². The largest absolute Gasteiger partial charge is 0.480 e. The zero-order valence-electron chi connectivity index (χ0n) is 23.4. The summed E-state index contributed by atoms with van der Waals surface area (Å²) in [6.45, 7) is 7.28. The molecular formula is C27H42N8O5. The molecule has 1 aromatic carbocycles. The van der Waals surface area contributed by atoms with E-state index >= 15 is 0 Å². The fourth-order valence-electron chi connectivity index (χ4n) is 4.21. The first kappa shape index (κ1) is 32.1. The minimum atomic E-state index is -1.22. The molecule has 13 nitrogen and oxygen atoms in total. The molecule has 0 saturated heterocycles. The minimum absolute atomic E-state index is 0.0500. The zero-order chi connectivity index (χ0) is 30.0. The first-order valence-corrected chi connectivity index (χ1v) is 13.3. The number of carbonyl (C=O) groups is 4. The lowest BCUT2D eigenvalue weighted by molar-refractivity contribution is -0.142. The topological polar surface area (TPSA) is 231 Å². The molecule has 0 aliphatic heterocycles. The molecule has 2 aromatic rings. The summed E-state index contributed by atoms with van der Waals surface area (Å²) in [6.07, 6.45) is 2.55. The number of aliphatic imine (C=N–C) groups is 1. The number of carbonyl (C=O) groups excluding carboxylic acids is 3. The van der Waals surface area contributed by atoms with Crippen molar-refractivity contribution < 1.29 is 24.3 Å². The number of carboxylic acid groups (broad SMARTS) is 1. The van der Waals surface area contributed by atoms with Gasteiger partial charge in [-0.15, -0.1) is 0 Å². The van der Waals surface area contributed by atoms with Crippen LogP contribution in [-0.2, 0) is 25.6 Å². The van der Waals surface area contributed by atoms with E-state index < -0.39 is 47.9 Å². The van der Waals surface area contributed by atoms with Gasteiger partial charge >= 0.3 is 5.97 Å². The van der Waals surface area contributed by atoms with Gasteiger partial charge in [0.25, 0.3) is 0 Å². The van der Waals surface area contributed by atoms with Crippen molar-refractivity contribution in [2.24, 2.45) is 34.0 Å². The highest BCUT2D eigenvalue weighted by Crippen LogP contribution is 2.19. The zero-order valence-corrected chi connectivity index (χ0v) is 23.4. The number of benzene rings is 1. The summed E-state index contributed by atoms with van der Waals surface area (Å²) in [5, 5.41) is 18.6. The highest BCUT2D eigenvalue weighted by Gasteiger charge is 2.33. The lowest BCUT2D eigenvalue weighted by atomic mass is 9.98. The van der Waals surface area contributed by atoms with Crippen molar-refractivity contribution in [3.05, 3.63) is 36.0 Å². The van der Waals surface area contributed by atoms with Crippen molar-refractivity contribution >= 4 is 40.6 Å². The van der Waals surface area contributed by atoms with Gasteiger partial charge in [-0.05, 0) is 36.3 Å². The average Bonchev–Trinajstić information content (AvgIpc) is 3.29. The van der Waals surface area contributed by atoms with E-state index in [0.717, 1.165) is 16.5 Å². The van der Waals surface area contributed by atoms with E-state index in [0.29, 0.717) is 19.4 Å². The van der Waals surface area contributed by atoms with Crippen LogP contribution in [0.4, 0.5) is 0 Å². The number of fused-ring (bicyclic) bond motifs is 1. The normalized spacial score (nSPS) is 14.3. The quantitative estimate of drug-likeness (QED) is 0.0836. The molecule has 13 heteroatoms. The van der Waals surface area contributed by atoms with Crippen molar-refractivity contribution in [2.75, 3.05) is 6.54 Å². The van der Waals surface area contributed by atoms with Gasteiger partial charge < -0.3 is 43.2 Å². The Labute approximate surface area is 233 Å². The minimum Gasteiger partial charge on any atom is -0.480 e. The summed E-state index contributed by atoms with van der Waals surface area (Å²) in [5.74, 6) is -3.67. The van der Waals surface area contributed by atoms with Gasteiger partial charge in [0.05, 0.1) is 6.04 Å². The second kappa shape index (κ2) is 14.9. The summed E-state index contributed by atoms with van der Waals surface area (Å²) < 4.78 is 0. The van der Waals surface area contributed by atoms with Gasteiger partial charge in [-0.25, -0.2) is 4.79 Å². The van der Waals surface area contributed by atoms with Crippen LogP contribution in [0.1, 0.15) is 46.1 Å². The first-order valence-electron chi connectivity index (χ1n) is 13.3. The van der Waals surface area contributed by atoms with Crippen molar-refractivity contribution in [3.8, 4) is 0 Å². The first-order chi connectivity index (χ1) is 18.8. The maximum absolute atomic E-state index is 13.2. The summed E-state index contributed by atoms with van der Waals surface area (Å²) in [7, 11) is 0. The predicted octanol–water partition coefficient (Wildman–Crippen LogP) is -0.0577. The summed E-state index contributed by atoms with van der Waals surface area (Å²) in [6, 6.07) is 3.36. The molecule has 220 valence electrons. The summed E-state index contributed by atoms with van der Waals surface area (Å²) in [5.41, 5.74) is 18.2. The van der Waals surface area contributed by atoms with E-state index in [-0.39, 0.29) is 24.2 Å². The highest BCUT2D eigenvalue weighted by molar-refractivity contribution is 5.94. The fourth-order valence-corrected chi connectivity index (χ4v) is 4.21. The predicted molar refractivity (Wildman–Crippen MR) is 153 cm³/mol. The van der Waals surface area contributed by atoms with Crippen LogP contribution in [0.5, 0.6) is 0 Å². The third kappa shape index (κ3) is 9.26. The Bertz CT molecular complexity index is 1200. The molecule has 3 amide bonds. The van der Waals surface area contributed by atoms with Crippen LogP contribution in [0.25, 0.3) is 10.9 Å². The van der Waals surface area contributed by atoms with Gasteiger partial charge in [0.15, 0.2) is 5.96 Å². The number of nitrogens with zero attached hydrogens (tertiary/aromatic N) is 1. The Balaban J connectivity index is 2.07. The number of hydrogen-bond acceptors (Lipinski definition) is 6. The molecule has 1 heterocycles. The van der Waals surface area contributed by atoms with Crippen LogP contribution in [-0.4, -0.2) is 70.5 Å². The van der Waals surface area contributed by atoms with Crippen LogP contribution in [0.2, 0.25) is 0 Å². The van der Waals surface area contributed by atoms with E-state index in [2.05, 4.69) is 25.9 Å². The molecule has 0 aliphatic rings. The van der Waals surface area contributed by atoms with Crippen LogP contribution in [0.15, 0.2) is 35.5 Å². The smallest absolute Gasteiger partial charge is 0.326 e. The molecule has 1 aromatic heterocycles. The number of para-hydroxylation sites is 1. The van der Waals surface area contributed by atoms with Crippen LogP contribution in [0, 0.1) is 11.8 Å². The molecule has 11 N–H and O–H groups in total. The van der Waals surface area contributed by atoms with Gasteiger partial charge in [0, 0.05) is 30.1 Å². The Morgan fingerprint density at radius 1 is 0.925 bits per heavy atom.